The predicted octanol–water partition coefficient (Wildman–Crippen LogP) is 1.07. The van der Waals surface area contributed by atoms with Crippen LogP contribution in [0.15, 0.2) is 6.20 Å². The molecule has 0 atom stereocenters. The van der Waals surface area contributed by atoms with Gasteiger partial charge in [-0.15, -0.1) is 0 Å². The van der Waals surface area contributed by atoms with E-state index in [4.69, 9.17) is 0 Å². The molecule has 10 heavy (non-hydrogen) atoms. The second kappa shape index (κ2) is 2.54. The lowest BCUT2D eigenvalue weighted by Crippen LogP contribution is -2.00. The summed E-state index contributed by atoms with van der Waals surface area (Å²) in [7, 11) is 0. The van der Waals surface area contributed by atoms with E-state index in [0.717, 1.165) is 12.3 Å². The second-order valence-electron chi connectivity index (χ2n) is 2.24. The predicted molar refractivity (Wildman–Crippen MR) is 43.2 cm³/mol. The van der Waals surface area contributed by atoms with Crippen LogP contribution in [0.3, 0.4) is 0 Å². The van der Waals surface area contributed by atoms with Gasteiger partial charge in [-0.05, 0) is 0 Å². The molecule has 3 nitrogen and oxygen atoms in total. The lowest BCUT2D eigenvalue weighted by molar-refractivity contribution is 1.04. The van der Waals surface area contributed by atoms with Crippen molar-refractivity contribution in [1.29, 1.82) is 0 Å². The molecule has 0 aliphatic carbocycles. The first-order valence-corrected chi connectivity index (χ1v) is 4.46. The summed E-state index contributed by atoms with van der Waals surface area (Å²) in [6.07, 6.45) is 1.85. The molecule has 0 spiro atoms. The number of nitrogens with one attached hydrogen (secondary N) is 2. The summed E-state index contributed by atoms with van der Waals surface area (Å²) in [6, 6.07) is 0. The van der Waals surface area contributed by atoms with Gasteiger partial charge in [-0.1, -0.05) is 0 Å². The number of anilines is 1. The molecule has 0 bridgehead atoms. The maximum atomic E-state index is 3.94. The molecule has 1 aromatic heterocycles. The van der Waals surface area contributed by atoms with Gasteiger partial charge in [-0.2, -0.15) is 16.9 Å². The van der Waals surface area contributed by atoms with Gasteiger partial charge in [0.15, 0.2) is 0 Å². The zero-order chi connectivity index (χ0) is 6.81. The molecule has 2 heterocycles. The molecule has 4 heteroatoms. The van der Waals surface area contributed by atoms with Crippen LogP contribution in [0.2, 0.25) is 0 Å². The van der Waals surface area contributed by atoms with Gasteiger partial charge in [0.1, 0.15) is 0 Å². The number of aromatic nitrogens is 2. The molecular formula is C6H9N3S. The van der Waals surface area contributed by atoms with Crippen molar-refractivity contribution in [3.05, 3.63) is 11.9 Å². The van der Waals surface area contributed by atoms with E-state index in [1.807, 2.05) is 18.0 Å². The van der Waals surface area contributed by atoms with E-state index in [0.29, 0.717) is 0 Å². The first kappa shape index (κ1) is 6.09. The van der Waals surface area contributed by atoms with Crippen molar-refractivity contribution in [2.75, 3.05) is 17.6 Å². The Balaban J connectivity index is 2.28. The number of thioether (sulfide) groups is 1. The van der Waals surface area contributed by atoms with Crippen molar-refractivity contribution in [2.45, 2.75) is 5.75 Å². The Bertz CT molecular complexity index is 200. The van der Waals surface area contributed by atoms with Crippen LogP contribution in [0.5, 0.6) is 0 Å². The number of hydrogen-bond acceptors (Lipinski definition) is 3. The van der Waals surface area contributed by atoms with Crippen LogP contribution in [-0.2, 0) is 5.75 Å². The number of hydrogen-bond donors (Lipinski definition) is 2. The van der Waals surface area contributed by atoms with Crippen molar-refractivity contribution < 1.29 is 0 Å². The number of nitrogens with zero attached hydrogens (tertiary/aromatic N) is 1. The molecule has 0 saturated carbocycles. The summed E-state index contributed by atoms with van der Waals surface area (Å²) in [5.74, 6) is 2.24. The number of rotatable bonds is 0. The summed E-state index contributed by atoms with van der Waals surface area (Å²) in [5, 5.41) is 10.2. The van der Waals surface area contributed by atoms with Crippen LogP contribution in [0, 0.1) is 0 Å². The van der Waals surface area contributed by atoms with Gasteiger partial charge >= 0.3 is 0 Å². The van der Waals surface area contributed by atoms with Crippen molar-refractivity contribution >= 4 is 17.4 Å². The van der Waals surface area contributed by atoms with E-state index < -0.39 is 0 Å². The first-order valence-electron chi connectivity index (χ1n) is 3.30. The fourth-order valence-electron chi connectivity index (χ4n) is 1.01. The molecule has 2 rings (SSSR count). The molecule has 0 aromatic carbocycles. The van der Waals surface area contributed by atoms with Gasteiger partial charge in [-0.25, -0.2) is 0 Å². The van der Waals surface area contributed by atoms with Crippen LogP contribution in [0.4, 0.5) is 5.69 Å². The van der Waals surface area contributed by atoms with E-state index in [2.05, 4.69) is 15.5 Å². The molecule has 2 N–H and O–H groups in total. The Hall–Kier alpha value is -0.640. The van der Waals surface area contributed by atoms with E-state index >= 15 is 0 Å². The third kappa shape index (κ3) is 0.988. The van der Waals surface area contributed by atoms with Crippen molar-refractivity contribution in [3.8, 4) is 0 Å². The quantitative estimate of drug-likeness (QED) is 0.588. The van der Waals surface area contributed by atoms with Gasteiger partial charge in [0.25, 0.3) is 0 Å². The van der Waals surface area contributed by atoms with Crippen LogP contribution in [0.1, 0.15) is 5.69 Å². The van der Waals surface area contributed by atoms with Gasteiger partial charge in [0, 0.05) is 18.1 Å². The minimum atomic E-state index is 1.05. The molecule has 0 radical (unpaired) electrons. The summed E-state index contributed by atoms with van der Waals surface area (Å²) in [5.41, 5.74) is 2.40. The van der Waals surface area contributed by atoms with Gasteiger partial charge in [-0.3, -0.25) is 5.10 Å². The standard InChI is InChI=1S/C6H9N3S/c1-2-10-4-6-5(7-1)3-8-9-6/h3,7H,1-2,4H2,(H,8,9). The molecule has 0 saturated heterocycles. The normalized spacial score (nSPS) is 17.2. The molecule has 0 fully saturated rings. The highest BCUT2D eigenvalue weighted by molar-refractivity contribution is 7.98. The first-order chi connectivity index (χ1) is 4.97. The average molecular weight is 155 g/mol. The molecule has 0 unspecified atom stereocenters. The summed E-state index contributed by atoms with van der Waals surface area (Å²) in [4.78, 5) is 0. The third-order valence-corrected chi connectivity index (χ3v) is 2.51. The fourth-order valence-corrected chi connectivity index (χ4v) is 1.82. The minimum absolute atomic E-state index is 1.05. The average Bonchev–Trinajstić information content (AvgIpc) is 2.28. The van der Waals surface area contributed by atoms with Crippen molar-refractivity contribution in [3.63, 3.8) is 0 Å². The largest absolute Gasteiger partial charge is 0.381 e. The Morgan fingerprint density at radius 2 is 2.60 bits per heavy atom. The van der Waals surface area contributed by atoms with E-state index in [9.17, 15) is 0 Å². The Kier molecular flexibility index (Phi) is 1.55. The zero-order valence-corrected chi connectivity index (χ0v) is 6.37. The van der Waals surface area contributed by atoms with Crippen LogP contribution < -0.4 is 5.32 Å². The highest BCUT2D eigenvalue weighted by atomic mass is 32.2. The Morgan fingerprint density at radius 1 is 1.60 bits per heavy atom. The van der Waals surface area contributed by atoms with Crippen LogP contribution in [0.25, 0.3) is 0 Å². The lowest BCUT2D eigenvalue weighted by atomic mass is 10.4. The number of fused-ring (bicyclic) bond motifs is 1. The molecular weight excluding hydrogens is 146 g/mol. The summed E-state index contributed by atoms with van der Waals surface area (Å²) < 4.78 is 0. The van der Waals surface area contributed by atoms with Crippen LogP contribution >= 0.6 is 11.8 Å². The second-order valence-corrected chi connectivity index (χ2v) is 3.35. The van der Waals surface area contributed by atoms with Crippen LogP contribution in [-0.4, -0.2) is 22.5 Å². The smallest absolute Gasteiger partial charge is 0.0765 e. The van der Waals surface area contributed by atoms with E-state index in [1.165, 1.54) is 17.1 Å². The number of aromatic amines is 1. The van der Waals surface area contributed by atoms with E-state index in [-0.39, 0.29) is 0 Å². The van der Waals surface area contributed by atoms with Gasteiger partial charge in [0.05, 0.1) is 17.6 Å². The minimum Gasteiger partial charge on any atom is -0.381 e. The lowest BCUT2D eigenvalue weighted by Gasteiger charge is -1.96. The molecule has 0 amide bonds. The summed E-state index contributed by atoms with van der Waals surface area (Å²) in [6.45, 7) is 1.05. The fraction of sp³-hybridized carbons (Fsp3) is 0.500. The van der Waals surface area contributed by atoms with E-state index in [1.54, 1.807) is 0 Å². The zero-order valence-electron chi connectivity index (χ0n) is 5.55. The SMILES string of the molecule is c1n[nH]c2c1NCCSC2. The van der Waals surface area contributed by atoms with Gasteiger partial charge < -0.3 is 5.32 Å². The Morgan fingerprint density at radius 3 is 3.60 bits per heavy atom. The highest BCUT2D eigenvalue weighted by Gasteiger charge is 2.07. The summed E-state index contributed by atoms with van der Waals surface area (Å²) >= 11 is 1.93. The molecule has 1 aliphatic heterocycles. The van der Waals surface area contributed by atoms with Crippen molar-refractivity contribution in [1.82, 2.24) is 10.2 Å². The van der Waals surface area contributed by atoms with Crippen molar-refractivity contribution in [2.24, 2.45) is 0 Å². The maximum Gasteiger partial charge on any atom is 0.0765 e. The molecule has 1 aliphatic rings. The third-order valence-electron chi connectivity index (χ3n) is 1.53. The monoisotopic (exact) mass is 155 g/mol. The molecule has 54 valence electrons. The maximum absolute atomic E-state index is 3.94. The highest BCUT2D eigenvalue weighted by Crippen LogP contribution is 2.20. The Labute approximate surface area is 63.6 Å². The number of H-pyrrole nitrogens is 1. The molecule has 1 aromatic rings. The van der Waals surface area contributed by atoms with Gasteiger partial charge in [0.2, 0.25) is 0 Å². The topological polar surface area (TPSA) is 40.7 Å².